The summed E-state index contributed by atoms with van der Waals surface area (Å²) in [6, 6.07) is 8.32. The molecule has 0 spiro atoms. The first-order valence-electron chi connectivity index (χ1n) is 7.04. The molecule has 1 heteroatoms. The number of hydrogen-bond donors (Lipinski definition) is 0. The van der Waals surface area contributed by atoms with Gasteiger partial charge in [0.2, 0.25) is 0 Å². The quantitative estimate of drug-likeness (QED) is 0.644. The Kier molecular flexibility index (Phi) is 4.90. The third-order valence-corrected chi connectivity index (χ3v) is 3.74. The van der Waals surface area contributed by atoms with Crippen LogP contribution in [0, 0.1) is 12.8 Å². The van der Waals surface area contributed by atoms with Crippen LogP contribution in [0.5, 0.6) is 5.75 Å². The minimum Gasteiger partial charge on any atom is -0.494 e. The summed E-state index contributed by atoms with van der Waals surface area (Å²) < 4.78 is 5.75. The summed E-state index contributed by atoms with van der Waals surface area (Å²) >= 11 is 0. The first-order valence-corrected chi connectivity index (χ1v) is 7.04. The standard InChI is InChI=1S/C16H24O/c1-14-7-6-11-16(13-14)17-12-5-4-10-15-8-2-3-9-15/h6-7,11,13,15H,2-5,8-10,12H2,1H3. The van der Waals surface area contributed by atoms with E-state index in [1.807, 2.05) is 6.07 Å². The molecule has 1 aliphatic carbocycles. The minimum atomic E-state index is 0.871. The summed E-state index contributed by atoms with van der Waals surface area (Å²) in [5.41, 5.74) is 1.27. The number of unbranched alkanes of at least 4 members (excludes halogenated alkanes) is 1. The van der Waals surface area contributed by atoms with Gasteiger partial charge in [-0.1, -0.05) is 44.2 Å². The van der Waals surface area contributed by atoms with Crippen LogP contribution in [0.25, 0.3) is 0 Å². The summed E-state index contributed by atoms with van der Waals surface area (Å²) in [6.45, 7) is 2.98. The third kappa shape index (κ3) is 4.41. The molecule has 0 N–H and O–H groups in total. The predicted molar refractivity (Wildman–Crippen MR) is 72.5 cm³/mol. The molecule has 0 unspecified atom stereocenters. The minimum absolute atomic E-state index is 0.871. The maximum absolute atomic E-state index is 5.75. The second kappa shape index (κ2) is 6.68. The van der Waals surface area contributed by atoms with Crippen molar-refractivity contribution in [2.75, 3.05) is 6.61 Å². The largest absolute Gasteiger partial charge is 0.494 e. The molecular weight excluding hydrogens is 208 g/mol. The molecule has 94 valence electrons. The molecule has 0 saturated heterocycles. The lowest BCUT2D eigenvalue weighted by atomic mass is 10.0. The average Bonchev–Trinajstić information content (AvgIpc) is 2.82. The second-order valence-electron chi connectivity index (χ2n) is 5.31. The monoisotopic (exact) mass is 232 g/mol. The summed E-state index contributed by atoms with van der Waals surface area (Å²) in [4.78, 5) is 0. The first-order chi connectivity index (χ1) is 8.34. The zero-order chi connectivity index (χ0) is 11.9. The van der Waals surface area contributed by atoms with E-state index in [9.17, 15) is 0 Å². The van der Waals surface area contributed by atoms with E-state index in [0.717, 1.165) is 18.3 Å². The fourth-order valence-electron chi connectivity index (χ4n) is 2.73. The van der Waals surface area contributed by atoms with Gasteiger partial charge in [0.1, 0.15) is 5.75 Å². The van der Waals surface area contributed by atoms with E-state index in [1.165, 1.54) is 50.5 Å². The maximum atomic E-state index is 5.75. The molecule has 1 aliphatic rings. The predicted octanol–water partition coefficient (Wildman–Crippen LogP) is 4.73. The number of benzene rings is 1. The Morgan fingerprint density at radius 3 is 2.76 bits per heavy atom. The van der Waals surface area contributed by atoms with Gasteiger partial charge in [0.05, 0.1) is 6.61 Å². The van der Waals surface area contributed by atoms with Crippen LogP contribution in [0.2, 0.25) is 0 Å². The number of aryl methyl sites for hydroxylation is 1. The van der Waals surface area contributed by atoms with E-state index < -0.39 is 0 Å². The normalized spacial score (nSPS) is 16.3. The van der Waals surface area contributed by atoms with Gasteiger partial charge < -0.3 is 4.74 Å². The van der Waals surface area contributed by atoms with Crippen molar-refractivity contribution >= 4 is 0 Å². The van der Waals surface area contributed by atoms with Gasteiger partial charge in [-0.3, -0.25) is 0 Å². The summed E-state index contributed by atoms with van der Waals surface area (Å²) in [5.74, 6) is 2.04. The summed E-state index contributed by atoms with van der Waals surface area (Å²) in [7, 11) is 0. The van der Waals surface area contributed by atoms with Crippen molar-refractivity contribution in [3.63, 3.8) is 0 Å². The van der Waals surface area contributed by atoms with Crippen molar-refractivity contribution in [1.82, 2.24) is 0 Å². The van der Waals surface area contributed by atoms with Gasteiger partial charge in [0, 0.05) is 0 Å². The van der Waals surface area contributed by atoms with Gasteiger partial charge in [0.15, 0.2) is 0 Å². The van der Waals surface area contributed by atoms with Crippen LogP contribution < -0.4 is 4.74 Å². The molecule has 0 heterocycles. The highest BCUT2D eigenvalue weighted by molar-refractivity contribution is 5.27. The second-order valence-corrected chi connectivity index (χ2v) is 5.31. The molecule has 1 saturated carbocycles. The molecule has 1 fully saturated rings. The molecule has 1 aromatic rings. The molecule has 0 atom stereocenters. The van der Waals surface area contributed by atoms with Crippen molar-refractivity contribution < 1.29 is 4.74 Å². The van der Waals surface area contributed by atoms with Crippen molar-refractivity contribution in [3.8, 4) is 5.75 Å². The van der Waals surface area contributed by atoms with E-state index in [4.69, 9.17) is 4.74 Å². The Bertz CT molecular complexity index is 326. The lowest BCUT2D eigenvalue weighted by molar-refractivity contribution is 0.299. The van der Waals surface area contributed by atoms with Gasteiger partial charge in [-0.15, -0.1) is 0 Å². The SMILES string of the molecule is Cc1cccc(OCCCCC2CCCC2)c1. The lowest BCUT2D eigenvalue weighted by Crippen LogP contribution is -1.99. The first kappa shape index (κ1) is 12.5. The number of hydrogen-bond acceptors (Lipinski definition) is 1. The lowest BCUT2D eigenvalue weighted by Gasteiger charge is -2.09. The molecule has 2 rings (SSSR count). The fraction of sp³-hybridized carbons (Fsp3) is 0.625. The Balaban J connectivity index is 1.56. The van der Waals surface area contributed by atoms with Crippen LogP contribution in [0.15, 0.2) is 24.3 Å². The maximum Gasteiger partial charge on any atom is 0.119 e. The fourth-order valence-corrected chi connectivity index (χ4v) is 2.73. The van der Waals surface area contributed by atoms with Gasteiger partial charge in [0.25, 0.3) is 0 Å². The molecule has 17 heavy (non-hydrogen) atoms. The van der Waals surface area contributed by atoms with Crippen molar-refractivity contribution in [1.29, 1.82) is 0 Å². The van der Waals surface area contributed by atoms with Crippen LogP contribution in [0.1, 0.15) is 50.5 Å². The van der Waals surface area contributed by atoms with Crippen LogP contribution >= 0.6 is 0 Å². The Morgan fingerprint density at radius 2 is 2.00 bits per heavy atom. The van der Waals surface area contributed by atoms with Crippen molar-refractivity contribution in [3.05, 3.63) is 29.8 Å². The molecule has 0 radical (unpaired) electrons. The molecule has 1 nitrogen and oxygen atoms in total. The molecule has 1 aromatic carbocycles. The molecule has 0 amide bonds. The highest BCUT2D eigenvalue weighted by atomic mass is 16.5. The van der Waals surface area contributed by atoms with Crippen LogP contribution in [0.3, 0.4) is 0 Å². The van der Waals surface area contributed by atoms with Crippen LogP contribution in [-0.4, -0.2) is 6.61 Å². The Morgan fingerprint density at radius 1 is 1.18 bits per heavy atom. The highest BCUT2D eigenvalue weighted by Crippen LogP contribution is 2.28. The topological polar surface area (TPSA) is 9.23 Å². The van der Waals surface area contributed by atoms with E-state index in [1.54, 1.807) is 0 Å². The van der Waals surface area contributed by atoms with Crippen LogP contribution in [-0.2, 0) is 0 Å². The van der Waals surface area contributed by atoms with Gasteiger partial charge >= 0.3 is 0 Å². The van der Waals surface area contributed by atoms with Crippen LogP contribution in [0.4, 0.5) is 0 Å². The third-order valence-electron chi connectivity index (χ3n) is 3.74. The van der Waals surface area contributed by atoms with Crippen molar-refractivity contribution in [2.24, 2.45) is 5.92 Å². The molecular formula is C16H24O. The van der Waals surface area contributed by atoms with Crippen molar-refractivity contribution in [2.45, 2.75) is 51.9 Å². The number of rotatable bonds is 6. The van der Waals surface area contributed by atoms with E-state index >= 15 is 0 Å². The van der Waals surface area contributed by atoms with Gasteiger partial charge in [-0.25, -0.2) is 0 Å². The van der Waals surface area contributed by atoms with Gasteiger partial charge in [-0.2, -0.15) is 0 Å². The molecule has 0 aliphatic heterocycles. The Hall–Kier alpha value is -0.980. The molecule has 0 bridgehead atoms. The van der Waals surface area contributed by atoms with Gasteiger partial charge in [-0.05, 0) is 43.4 Å². The van der Waals surface area contributed by atoms with E-state index in [-0.39, 0.29) is 0 Å². The molecule has 0 aromatic heterocycles. The van der Waals surface area contributed by atoms with E-state index in [2.05, 4.69) is 25.1 Å². The summed E-state index contributed by atoms with van der Waals surface area (Å²) in [5, 5.41) is 0. The highest BCUT2D eigenvalue weighted by Gasteiger charge is 2.13. The Labute approximate surface area is 105 Å². The summed E-state index contributed by atoms with van der Waals surface area (Å²) in [6.07, 6.45) is 9.81. The number of ether oxygens (including phenoxy) is 1. The van der Waals surface area contributed by atoms with E-state index in [0.29, 0.717) is 0 Å². The average molecular weight is 232 g/mol. The zero-order valence-corrected chi connectivity index (χ0v) is 11.0. The smallest absolute Gasteiger partial charge is 0.119 e. The zero-order valence-electron chi connectivity index (χ0n) is 11.0.